The van der Waals surface area contributed by atoms with Crippen LogP contribution in [-0.4, -0.2) is 10.6 Å². The largest absolute Gasteiger partial charge is 0.397 e. The molecule has 3 aromatic carbocycles. The summed E-state index contributed by atoms with van der Waals surface area (Å²) in [7, 11) is 2.03. The third kappa shape index (κ3) is 2.54. The van der Waals surface area contributed by atoms with Crippen LogP contribution in [-0.2, 0) is 12.5 Å². The first-order chi connectivity index (χ1) is 16.4. The maximum atomic E-state index is 14.5. The number of aryl methyl sites for hydroxylation is 3. The molecule has 178 valence electrons. The molecule has 0 aliphatic carbocycles. The van der Waals surface area contributed by atoms with Gasteiger partial charge in [-0.15, -0.1) is 0 Å². The van der Waals surface area contributed by atoms with Crippen molar-refractivity contribution < 1.29 is 17.7 Å². The van der Waals surface area contributed by atoms with Crippen LogP contribution in [0, 0.1) is 27.7 Å². The average Bonchev–Trinajstić information content (AvgIpc) is 3.15. The molecule has 0 aliphatic rings. The van der Waals surface area contributed by atoms with Crippen LogP contribution in [0.5, 0.6) is 0 Å². The summed E-state index contributed by atoms with van der Waals surface area (Å²) < 4.78 is 47.7. The lowest BCUT2D eigenvalue weighted by Crippen LogP contribution is -2.36. The Bertz CT molecular complexity index is 1850. The molecule has 0 bridgehead atoms. The van der Waals surface area contributed by atoms with Crippen molar-refractivity contribution in [2.75, 3.05) is 0 Å². The van der Waals surface area contributed by atoms with Gasteiger partial charge in [0.05, 0.1) is 32.7 Å². The summed E-state index contributed by atoms with van der Waals surface area (Å²) in [5, 5.41) is 4.57. The molecule has 2 nitrogen and oxygen atoms in total. The van der Waals surface area contributed by atoms with Crippen LogP contribution in [0.25, 0.3) is 49.0 Å². The topological polar surface area (TPSA) is 8.29 Å². The number of para-hydroxylation sites is 1. The molecule has 0 fully saturated rings. The Morgan fingerprint density at radius 1 is 0.771 bits per heavy atom. The molecule has 35 heavy (non-hydrogen) atoms. The zero-order chi connectivity index (χ0) is 25.2. The quantitative estimate of drug-likeness (QED) is 0.130. The van der Waals surface area contributed by atoms with Gasteiger partial charge in [-0.2, -0.15) is 13.2 Å². The molecule has 0 aliphatic heterocycles. The maximum Gasteiger partial charge on any atom is 0.397 e. The molecule has 0 amide bonds. The number of rotatable bonds is 1. The third-order valence-corrected chi connectivity index (χ3v) is 8.53. The predicted molar refractivity (Wildman–Crippen MR) is 138 cm³/mol. The molecule has 0 spiro atoms. The van der Waals surface area contributed by atoms with Gasteiger partial charge in [0.15, 0.2) is 6.20 Å². The van der Waals surface area contributed by atoms with E-state index < -0.39 is 11.6 Å². The molecule has 3 heterocycles. The number of nitrogens with zero attached hydrogens (tertiary/aromatic N) is 2. The molecular weight excluding hydrogens is 445 g/mol. The van der Waals surface area contributed by atoms with Crippen molar-refractivity contribution in [2.24, 2.45) is 7.05 Å². The Labute approximate surface area is 201 Å². The Balaban J connectivity index is 2.09. The van der Waals surface area contributed by atoms with E-state index in [1.165, 1.54) is 30.5 Å². The number of fused-ring (bicyclic) bond motifs is 6. The molecule has 5 heteroatoms. The first-order valence-electron chi connectivity index (χ1n) is 11.9. The van der Waals surface area contributed by atoms with E-state index in [2.05, 4.69) is 36.7 Å². The van der Waals surface area contributed by atoms with E-state index >= 15 is 0 Å². The van der Waals surface area contributed by atoms with Crippen molar-refractivity contribution in [3.63, 3.8) is 0 Å². The van der Waals surface area contributed by atoms with Crippen LogP contribution >= 0.6 is 0 Å². The fraction of sp³-hybridized carbons (Fsp3) is 0.300. The highest BCUT2D eigenvalue weighted by Gasteiger charge is 2.50. The van der Waals surface area contributed by atoms with Crippen molar-refractivity contribution in [2.45, 2.75) is 53.1 Å². The summed E-state index contributed by atoms with van der Waals surface area (Å²) in [6.45, 7) is 11.2. The number of aromatic nitrogens is 2. The van der Waals surface area contributed by atoms with Gasteiger partial charge in [-0.25, -0.2) is 4.57 Å². The minimum absolute atomic E-state index is 0.323. The Morgan fingerprint density at radius 2 is 1.43 bits per heavy atom. The van der Waals surface area contributed by atoms with Crippen molar-refractivity contribution >= 4 is 49.0 Å². The van der Waals surface area contributed by atoms with Crippen molar-refractivity contribution in [1.82, 2.24) is 4.40 Å². The standard InChI is InChI=1S/C30H28F3N2/c1-15-16(2)18(4)26-23(17(15)3)27-24-19(12-13-34(27)7)14-21(29(5,6)30(31,32)33)25-20-10-8-9-11-22(20)35(26)28(24)25/h8-14H,1-7H3/q+1. The molecule has 0 radical (unpaired) electrons. The van der Waals surface area contributed by atoms with Gasteiger partial charge in [-0.1, -0.05) is 18.2 Å². The predicted octanol–water partition coefficient (Wildman–Crippen LogP) is 7.89. The van der Waals surface area contributed by atoms with Crippen LogP contribution in [0.2, 0.25) is 0 Å². The third-order valence-electron chi connectivity index (χ3n) is 8.53. The second-order valence-corrected chi connectivity index (χ2v) is 10.6. The van der Waals surface area contributed by atoms with Crippen LogP contribution < -0.4 is 4.57 Å². The zero-order valence-corrected chi connectivity index (χ0v) is 21.1. The number of alkyl halides is 3. The molecule has 6 rings (SSSR count). The van der Waals surface area contributed by atoms with E-state index in [-0.39, 0.29) is 0 Å². The first kappa shape index (κ1) is 22.1. The highest BCUT2D eigenvalue weighted by atomic mass is 19.4. The lowest BCUT2D eigenvalue weighted by molar-refractivity contribution is -0.643. The van der Waals surface area contributed by atoms with Crippen LogP contribution in [0.15, 0.2) is 42.6 Å². The van der Waals surface area contributed by atoms with E-state index in [0.717, 1.165) is 49.2 Å². The zero-order valence-electron chi connectivity index (χ0n) is 21.1. The second kappa shape index (κ2) is 6.66. The average molecular weight is 474 g/mol. The Morgan fingerprint density at radius 3 is 2.11 bits per heavy atom. The summed E-state index contributed by atoms with van der Waals surface area (Å²) in [6, 6.07) is 11.6. The highest BCUT2D eigenvalue weighted by molar-refractivity contribution is 6.28. The highest BCUT2D eigenvalue weighted by Crippen LogP contribution is 2.50. The normalized spacial score (nSPS) is 13.4. The maximum absolute atomic E-state index is 14.5. The molecule has 3 aromatic heterocycles. The fourth-order valence-electron chi connectivity index (χ4n) is 6.05. The number of pyridine rings is 2. The van der Waals surface area contributed by atoms with Gasteiger partial charge in [0.25, 0.3) is 0 Å². The lowest BCUT2D eigenvalue weighted by Gasteiger charge is -2.30. The summed E-state index contributed by atoms with van der Waals surface area (Å²) in [6.07, 6.45) is -2.42. The van der Waals surface area contributed by atoms with Crippen molar-refractivity contribution in [3.8, 4) is 0 Å². The van der Waals surface area contributed by atoms with Gasteiger partial charge < -0.3 is 4.40 Å². The number of hydrogen-bond acceptors (Lipinski definition) is 0. The van der Waals surface area contributed by atoms with Gasteiger partial charge in [0.2, 0.25) is 5.52 Å². The van der Waals surface area contributed by atoms with Gasteiger partial charge in [0, 0.05) is 16.8 Å². The smallest absolute Gasteiger partial charge is 0.307 e. The molecule has 0 saturated heterocycles. The molecule has 0 saturated carbocycles. The molecule has 0 N–H and O–H groups in total. The van der Waals surface area contributed by atoms with Crippen LogP contribution in [0.1, 0.15) is 41.7 Å². The lowest BCUT2D eigenvalue weighted by atomic mass is 9.80. The SMILES string of the molecule is Cc1c(C)c(C)c2c(c1C)c1c3c(cc[n+]1C)cc(C(C)(C)C(F)(F)F)c1c4ccccc4n2c13. The van der Waals surface area contributed by atoms with Crippen molar-refractivity contribution in [3.05, 3.63) is 70.4 Å². The summed E-state index contributed by atoms with van der Waals surface area (Å²) in [4.78, 5) is 0. The van der Waals surface area contributed by atoms with Crippen LogP contribution in [0.4, 0.5) is 13.2 Å². The van der Waals surface area contributed by atoms with E-state index in [1.807, 2.05) is 43.6 Å². The molecular formula is C30H28F3N2+. The summed E-state index contributed by atoms with van der Waals surface area (Å²) in [5.74, 6) is 0. The van der Waals surface area contributed by atoms with Gasteiger partial charge in [-0.3, -0.25) is 0 Å². The first-order valence-corrected chi connectivity index (χ1v) is 11.9. The Hall–Kier alpha value is -3.34. The van der Waals surface area contributed by atoms with E-state index in [1.54, 1.807) is 6.07 Å². The minimum Gasteiger partial charge on any atom is -0.307 e. The number of benzene rings is 3. The van der Waals surface area contributed by atoms with Crippen molar-refractivity contribution in [1.29, 1.82) is 0 Å². The number of hydrogen-bond donors (Lipinski definition) is 0. The van der Waals surface area contributed by atoms with Gasteiger partial charge >= 0.3 is 6.18 Å². The number of halogens is 3. The van der Waals surface area contributed by atoms with Gasteiger partial charge in [0.1, 0.15) is 7.05 Å². The Kier molecular flexibility index (Phi) is 4.21. The van der Waals surface area contributed by atoms with Crippen LogP contribution in [0.3, 0.4) is 0 Å². The van der Waals surface area contributed by atoms with E-state index in [9.17, 15) is 13.2 Å². The molecule has 0 atom stereocenters. The molecule has 0 unspecified atom stereocenters. The minimum atomic E-state index is -4.39. The monoisotopic (exact) mass is 473 g/mol. The van der Waals surface area contributed by atoms with Gasteiger partial charge in [-0.05, 0) is 86.9 Å². The molecule has 6 aromatic rings. The van der Waals surface area contributed by atoms with E-state index in [4.69, 9.17) is 0 Å². The van der Waals surface area contributed by atoms with E-state index in [0.29, 0.717) is 10.9 Å². The fourth-order valence-corrected chi connectivity index (χ4v) is 6.05. The summed E-state index contributed by atoms with van der Waals surface area (Å²) >= 11 is 0. The summed E-state index contributed by atoms with van der Waals surface area (Å²) in [5.41, 5.74) is 7.12. The second-order valence-electron chi connectivity index (χ2n) is 10.6.